The molecular formula is C13H10BrNO. The molecule has 0 unspecified atom stereocenters. The van der Waals surface area contributed by atoms with Crippen molar-refractivity contribution in [1.82, 2.24) is 4.98 Å². The van der Waals surface area contributed by atoms with Crippen LogP contribution in [0.1, 0.15) is 21.6 Å². The molecule has 0 bridgehead atoms. The minimum Gasteiger partial charge on any atom is -0.287 e. The maximum absolute atomic E-state index is 12.2. The van der Waals surface area contributed by atoms with Crippen molar-refractivity contribution in [2.24, 2.45) is 0 Å². The summed E-state index contributed by atoms with van der Waals surface area (Å²) in [7, 11) is 0. The number of halogens is 1. The molecule has 2 rings (SSSR count). The molecule has 0 fully saturated rings. The summed E-state index contributed by atoms with van der Waals surface area (Å²) in [5.41, 5.74) is 2.11. The van der Waals surface area contributed by atoms with E-state index in [0.717, 1.165) is 10.0 Å². The Balaban J connectivity index is 2.48. The van der Waals surface area contributed by atoms with Crippen molar-refractivity contribution in [3.05, 3.63) is 63.9 Å². The molecular weight excluding hydrogens is 266 g/mol. The first-order valence-electron chi connectivity index (χ1n) is 4.91. The van der Waals surface area contributed by atoms with Crippen molar-refractivity contribution in [3.63, 3.8) is 0 Å². The van der Waals surface area contributed by atoms with Gasteiger partial charge in [0, 0.05) is 16.2 Å². The molecule has 2 nitrogen and oxygen atoms in total. The van der Waals surface area contributed by atoms with E-state index in [4.69, 9.17) is 0 Å². The summed E-state index contributed by atoms with van der Waals surface area (Å²) in [6.45, 7) is 1.92. The molecule has 2 aromatic rings. The van der Waals surface area contributed by atoms with Gasteiger partial charge in [-0.1, -0.05) is 24.3 Å². The van der Waals surface area contributed by atoms with E-state index in [1.807, 2.05) is 37.3 Å². The first-order valence-corrected chi connectivity index (χ1v) is 5.70. The molecule has 80 valence electrons. The first-order chi connectivity index (χ1) is 7.70. The standard InChI is InChI=1S/C13H10BrNO/c1-9-5-2-3-6-10(9)13(16)12-11(14)7-4-8-15-12/h2-8H,1H3. The van der Waals surface area contributed by atoms with Crippen LogP contribution in [0.15, 0.2) is 47.1 Å². The highest BCUT2D eigenvalue weighted by Gasteiger charge is 2.14. The lowest BCUT2D eigenvalue weighted by Crippen LogP contribution is -2.06. The summed E-state index contributed by atoms with van der Waals surface area (Å²) in [5, 5.41) is 0. The van der Waals surface area contributed by atoms with Gasteiger partial charge in [0.25, 0.3) is 0 Å². The second-order valence-electron chi connectivity index (χ2n) is 3.48. The molecule has 0 saturated carbocycles. The summed E-state index contributed by atoms with van der Waals surface area (Å²) < 4.78 is 0.725. The Bertz CT molecular complexity index is 489. The van der Waals surface area contributed by atoms with Crippen LogP contribution in [0.2, 0.25) is 0 Å². The van der Waals surface area contributed by atoms with Crippen molar-refractivity contribution < 1.29 is 4.79 Å². The Morgan fingerprint density at radius 1 is 1.19 bits per heavy atom. The molecule has 0 aliphatic heterocycles. The van der Waals surface area contributed by atoms with Crippen molar-refractivity contribution in [1.29, 1.82) is 0 Å². The van der Waals surface area contributed by atoms with Crippen molar-refractivity contribution in [3.8, 4) is 0 Å². The number of pyridine rings is 1. The summed E-state index contributed by atoms with van der Waals surface area (Å²) in [6, 6.07) is 11.1. The minimum atomic E-state index is -0.0504. The summed E-state index contributed by atoms with van der Waals surface area (Å²) >= 11 is 3.34. The molecule has 0 spiro atoms. The number of carbonyl (C=O) groups excluding carboxylic acids is 1. The quantitative estimate of drug-likeness (QED) is 0.787. The van der Waals surface area contributed by atoms with Gasteiger partial charge >= 0.3 is 0 Å². The zero-order valence-electron chi connectivity index (χ0n) is 8.77. The summed E-state index contributed by atoms with van der Waals surface area (Å²) in [4.78, 5) is 16.3. The van der Waals surface area contributed by atoms with E-state index in [0.29, 0.717) is 11.3 Å². The fourth-order valence-electron chi connectivity index (χ4n) is 1.51. The number of carbonyl (C=O) groups is 1. The molecule has 1 aromatic carbocycles. The van der Waals surface area contributed by atoms with Gasteiger partial charge in [0.1, 0.15) is 5.69 Å². The van der Waals surface area contributed by atoms with E-state index < -0.39 is 0 Å². The van der Waals surface area contributed by atoms with Gasteiger partial charge in [-0.3, -0.25) is 9.78 Å². The Morgan fingerprint density at radius 2 is 1.94 bits per heavy atom. The van der Waals surface area contributed by atoms with E-state index in [1.54, 1.807) is 12.3 Å². The highest BCUT2D eigenvalue weighted by atomic mass is 79.9. The third-order valence-corrected chi connectivity index (χ3v) is 3.00. The SMILES string of the molecule is Cc1ccccc1C(=O)c1ncccc1Br. The smallest absolute Gasteiger partial charge is 0.212 e. The number of benzene rings is 1. The highest BCUT2D eigenvalue weighted by molar-refractivity contribution is 9.10. The van der Waals surface area contributed by atoms with Gasteiger partial charge < -0.3 is 0 Å². The predicted molar refractivity (Wildman–Crippen MR) is 66.5 cm³/mol. The number of aromatic nitrogens is 1. The Labute approximate surface area is 102 Å². The first kappa shape index (κ1) is 11.0. The Hall–Kier alpha value is -1.48. The van der Waals surface area contributed by atoms with Crippen molar-refractivity contribution >= 4 is 21.7 Å². The second-order valence-corrected chi connectivity index (χ2v) is 4.33. The monoisotopic (exact) mass is 275 g/mol. The predicted octanol–water partition coefficient (Wildman–Crippen LogP) is 3.38. The average Bonchev–Trinajstić information content (AvgIpc) is 2.29. The number of hydrogen-bond acceptors (Lipinski definition) is 2. The third kappa shape index (κ3) is 2.04. The lowest BCUT2D eigenvalue weighted by atomic mass is 10.0. The molecule has 0 aliphatic carbocycles. The van der Waals surface area contributed by atoms with Crippen LogP contribution in [-0.2, 0) is 0 Å². The topological polar surface area (TPSA) is 30.0 Å². The van der Waals surface area contributed by atoms with Crippen LogP contribution in [0.3, 0.4) is 0 Å². The Kier molecular flexibility index (Phi) is 3.15. The lowest BCUT2D eigenvalue weighted by Gasteiger charge is -2.05. The van der Waals surface area contributed by atoms with Crippen LogP contribution in [-0.4, -0.2) is 10.8 Å². The van der Waals surface area contributed by atoms with Gasteiger partial charge in [0.2, 0.25) is 5.78 Å². The van der Waals surface area contributed by atoms with Gasteiger partial charge in [-0.05, 0) is 40.5 Å². The molecule has 0 saturated heterocycles. The molecule has 3 heteroatoms. The number of aryl methyl sites for hydroxylation is 1. The van der Waals surface area contributed by atoms with Crippen LogP contribution in [0.5, 0.6) is 0 Å². The zero-order valence-corrected chi connectivity index (χ0v) is 10.4. The number of ketones is 1. The van der Waals surface area contributed by atoms with Crippen LogP contribution < -0.4 is 0 Å². The van der Waals surface area contributed by atoms with Crippen molar-refractivity contribution in [2.45, 2.75) is 6.92 Å². The molecule has 0 aliphatic rings. The second kappa shape index (κ2) is 4.58. The third-order valence-electron chi connectivity index (χ3n) is 2.36. The summed E-state index contributed by atoms with van der Waals surface area (Å²) in [5.74, 6) is -0.0504. The number of hydrogen-bond donors (Lipinski definition) is 0. The zero-order chi connectivity index (χ0) is 11.5. The van der Waals surface area contributed by atoms with Crippen LogP contribution >= 0.6 is 15.9 Å². The number of rotatable bonds is 2. The van der Waals surface area contributed by atoms with E-state index in [2.05, 4.69) is 20.9 Å². The van der Waals surface area contributed by atoms with Gasteiger partial charge in [-0.15, -0.1) is 0 Å². The summed E-state index contributed by atoms with van der Waals surface area (Å²) in [6.07, 6.45) is 1.62. The maximum Gasteiger partial charge on any atom is 0.212 e. The van der Waals surface area contributed by atoms with E-state index in [-0.39, 0.29) is 5.78 Å². The highest BCUT2D eigenvalue weighted by Crippen LogP contribution is 2.19. The fourth-order valence-corrected chi connectivity index (χ4v) is 1.94. The molecule has 0 radical (unpaired) electrons. The van der Waals surface area contributed by atoms with Gasteiger partial charge in [0.05, 0.1) is 0 Å². The molecule has 0 N–H and O–H groups in total. The van der Waals surface area contributed by atoms with Crippen LogP contribution in [0.25, 0.3) is 0 Å². The van der Waals surface area contributed by atoms with Gasteiger partial charge in [-0.25, -0.2) is 0 Å². The Morgan fingerprint density at radius 3 is 2.62 bits per heavy atom. The molecule has 16 heavy (non-hydrogen) atoms. The van der Waals surface area contributed by atoms with Gasteiger partial charge in [0.15, 0.2) is 0 Å². The molecule has 0 amide bonds. The van der Waals surface area contributed by atoms with E-state index in [1.165, 1.54) is 0 Å². The molecule has 1 heterocycles. The lowest BCUT2D eigenvalue weighted by molar-refractivity contribution is 0.103. The van der Waals surface area contributed by atoms with Gasteiger partial charge in [-0.2, -0.15) is 0 Å². The van der Waals surface area contributed by atoms with Crippen LogP contribution in [0, 0.1) is 6.92 Å². The normalized spacial score (nSPS) is 10.1. The number of nitrogens with zero attached hydrogens (tertiary/aromatic N) is 1. The van der Waals surface area contributed by atoms with E-state index >= 15 is 0 Å². The molecule has 1 aromatic heterocycles. The maximum atomic E-state index is 12.2. The van der Waals surface area contributed by atoms with Crippen molar-refractivity contribution in [2.75, 3.05) is 0 Å². The fraction of sp³-hybridized carbons (Fsp3) is 0.0769. The largest absolute Gasteiger partial charge is 0.287 e. The minimum absolute atomic E-state index is 0.0504. The average molecular weight is 276 g/mol. The molecule has 0 atom stereocenters. The van der Waals surface area contributed by atoms with E-state index in [9.17, 15) is 4.79 Å². The van der Waals surface area contributed by atoms with Crippen LogP contribution in [0.4, 0.5) is 0 Å².